The molecule has 1 aliphatic heterocycles. The first-order valence-corrected chi connectivity index (χ1v) is 9.81. The molecule has 3 aromatic heterocycles. The highest BCUT2D eigenvalue weighted by Gasteiger charge is 2.27. The van der Waals surface area contributed by atoms with E-state index >= 15 is 0 Å². The van der Waals surface area contributed by atoms with Crippen molar-refractivity contribution in [2.45, 2.75) is 25.4 Å². The molecular formula is C21H23N9. The minimum atomic E-state index is 0.223. The molecule has 3 aromatic rings. The maximum absolute atomic E-state index is 8.87. The third kappa shape index (κ3) is 4.50. The molecule has 1 atom stereocenters. The summed E-state index contributed by atoms with van der Waals surface area (Å²) in [5.41, 5.74) is 3.19. The summed E-state index contributed by atoms with van der Waals surface area (Å²) in [5, 5.41) is 12.0. The Balaban J connectivity index is 1.47. The Morgan fingerprint density at radius 2 is 1.97 bits per heavy atom. The van der Waals surface area contributed by atoms with E-state index in [-0.39, 0.29) is 6.04 Å². The van der Waals surface area contributed by atoms with Crippen LogP contribution in [-0.2, 0) is 6.54 Å². The van der Waals surface area contributed by atoms with Gasteiger partial charge in [0.2, 0.25) is 11.9 Å². The third-order valence-corrected chi connectivity index (χ3v) is 4.99. The number of anilines is 3. The van der Waals surface area contributed by atoms with E-state index in [2.05, 4.69) is 30.2 Å². The molecule has 0 radical (unpaired) electrons. The zero-order valence-corrected chi connectivity index (χ0v) is 17.0. The second kappa shape index (κ2) is 8.80. The van der Waals surface area contributed by atoms with E-state index in [9.17, 15) is 0 Å². The average molecular weight is 401 g/mol. The zero-order valence-electron chi connectivity index (χ0n) is 17.0. The molecule has 0 aliphatic carbocycles. The summed E-state index contributed by atoms with van der Waals surface area (Å²) in [4.78, 5) is 26.3. The van der Waals surface area contributed by atoms with Crippen LogP contribution in [0.25, 0.3) is 0 Å². The first kappa shape index (κ1) is 19.7. The van der Waals surface area contributed by atoms with Crippen LogP contribution in [0.3, 0.4) is 0 Å². The van der Waals surface area contributed by atoms with Crippen molar-refractivity contribution in [3.8, 4) is 6.07 Å². The van der Waals surface area contributed by atoms with Crippen molar-refractivity contribution in [3.63, 3.8) is 0 Å². The van der Waals surface area contributed by atoms with Gasteiger partial charge in [0.1, 0.15) is 11.8 Å². The van der Waals surface area contributed by atoms with Crippen LogP contribution in [0, 0.1) is 11.3 Å². The zero-order chi connectivity index (χ0) is 20.9. The molecule has 1 fully saturated rings. The van der Waals surface area contributed by atoms with E-state index in [1.54, 1.807) is 24.5 Å². The molecule has 0 saturated carbocycles. The standard InChI is InChI=1S/C21H23N9/c1-29(2)21-25-11-15(12-26-21)14-30-9-3-4-19(30)18-7-8-23-20(28-18)27-17-6-5-16(10-22)24-13-17/h5-8,11-13,19H,3-4,9,14H2,1-2H3,(H,23,27,28)/t19-/m0/s1. The summed E-state index contributed by atoms with van der Waals surface area (Å²) in [7, 11) is 3.86. The topological polar surface area (TPSA) is 107 Å². The van der Waals surface area contributed by atoms with Crippen LogP contribution in [0.15, 0.2) is 43.0 Å². The SMILES string of the molecule is CN(C)c1ncc(CN2CCC[C@H]2c2ccnc(Nc3ccc(C#N)nc3)n2)cn1. The third-order valence-electron chi connectivity index (χ3n) is 4.99. The molecule has 1 N–H and O–H groups in total. The molecule has 0 unspecified atom stereocenters. The van der Waals surface area contributed by atoms with Gasteiger partial charge >= 0.3 is 0 Å². The fourth-order valence-corrected chi connectivity index (χ4v) is 3.53. The average Bonchev–Trinajstić information content (AvgIpc) is 3.23. The van der Waals surface area contributed by atoms with Gasteiger partial charge in [-0.3, -0.25) is 4.90 Å². The maximum Gasteiger partial charge on any atom is 0.227 e. The molecule has 152 valence electrons. The monoisotopic (exact) mass is 401 g/mol. The smallest absolute Gasteiger partial charge is 0.227 e. The van der Waals surface area contributed by atoms with Crippen molar-refractivity contribution in [3.05, 3.63) is 59.9 Å². The highest BCUT2D eigenvalue weighted by Crippen LogP contribution is 2.32. The van der Waals surface area contributed by atoms with E-state index < -0.39 is 0 Å². The molecule has 9 nitrogen and oxygen atoms in total. The van der Waals surface area contributed by atoms with Crippen molar-refractivity contribution in [2.75, 3.05) is 30.9 Å². The summed E-state index contributed by atoms with van der Waals surface area (Å²) in [5.74, 6) is 1.23. The summed E-state index contributed by atoms with van der Waals surface area (Å²) in [6.45, 7) is 1.79. The first-order valence-electron chi connectivity index (χ1n) is 9.81. The Morgan fingerprint density at radius 3 is 2.67 bits per heavy atom. The van der Waals surface area contributed by atoms with Gasteiger partial charge in [0, 0.05) is 44.8 Å². The molecule has 4 heterocycles. The molecule has 0 aromatic carbocycles. The van der Waals surface area contributed by atoms with Gasteiger partial charge in [-0.05, 0) is 37.6 Å². The van der Waals surface area contributed by atoms with Crippen molar-refractivity contribution in [2.24, 2.45) is 0 Å². The maximum atomic E-state index is 8.87. The Bertz CT molecular complexity index is 1030. The molecular weight excluding hydrogens is 378 g/mol. The van der Waals surface area contributed by atoms with Crippen molar-refractivity contribution in [1.82, 2.24) is 29.8 Å². The van der Waals surface area contributed by atoms with Crippen molar-refractivity contribution in [1.29, 1.82) is 5.26 Å². The van der Waals surface area contributed by atoms with Crippen LogP contribution in [0.2, 0.25) is 0 Å². The lowest BCUT2D eigenvalue weighted by Crippen LogP contribution is -2.24. The van der Waals surface area contributed by atoms with Gasteiger partial charge in [-0.1, -0.05) is 0 Å². The first-order chi connectivity index (χ1) is 14.6. The number of nitrogens with one attached hydrogen (secondary N) is 1. The fraction of sp³-hybridized carbons (Fsp3) is 0.333. The van der Waals surface area contributed by atoms with E-state index in [0.717, 1.165) is 42.9 Å². The molecule has 1 aliphatic rings. The lowest BCUT2D eigenvalue weighted by atomic mass is 10.1. The van der Waals surface area contributed by atoms with Gasteiger partial charge in [-0.25, -0.2) is 24.9 Å². The Morgan fingerprint density at radius 1 is 1.13 bits per heavy atom. The summed E-state index contributed by atoms with van der Waals surface area (Å²) in [6, 6.07) is 7.66. The van der Waals surface area contributed by atoms with Gasteiger partial charge in [0.15, 0.2) is 0 Å². The molecule has 0 spiro atoms. The van der Waals surface area contributed by atoms with Crippen molar-refractivity contribution < 1.29 is 0 Å². The summed E-state index contributed by atoms with van der Waals surface area (Å²) in [6.07, 6.45) is 9.32. The number of rotatable bonds is 6. The second-order valence-electron chi connectivity index (χ2n) is 7.39. The van der Waals surface area contributed by atoms with Gasteiger partial charge in [0.05, 0.1) is 23.6 Å². The molecule has 30 heavy (non-hydrogen) atoms. The van der Waals surface area contributed by atoms with Crippen LogP contribution in [-0.4, -0.2) is 50.5 Å². The van der Waals surface area contributed by atoms with Gasteiger partial charge in [-0.15, -0.1) is 0 Å². The predicted octanol–water partition coefficient (Wildman–Crippen LogP) is 2.68. The second-order valence-corrected chi connectivity index (χ2v) is 7.39. The Hall–Kier alpha value is -3.64. The minimum Gasteiger partial charge on any atom is -0.347 e. The Kier molecular flexibility index (Phi) is 5.77. The minimum absolute atomic E-state index is 0.223. The lowest BCUT2D eigenvalue weighted by molar-refractivity contribution is 0.244. The van der Waals surface area contributed by atoms with E-state index in [4.69, 9.17) is 10.2 Å². The summed E-state index contributed by atoms with van der Waals surface area (Å²) >= 11 is 0. The van der Waals surface area contributed by atoms with Crippen LogP contribution in [0.4, 0.5) is 17.6 Å². The number of pyridine rings is 1. The fourth-order valence-electron chi connectivity index (χ4n) is 3.53. The van der Waals surface area contributed by atoms with E-state index in [1.807, 2.05) is 43.5 Å². The number of likely N-dealkylation sites (tertiary alicyclic amines) is 1. The molecule has 9 heteroatoms. The largest absolute Gasteiger partial charge is 0.347 e. The lowest BCUT2D eigenvalue weighted by Gasteiger charge is -2.24. The molecule has 0 amide bonds. The highest BCUT2D eigenvalue weighted by molar-refractivity contribution is 5.52. The Labute approximate surface area is 175 Å². The van der Waals surface area contributed by atoms with Crippen LogP contribution < -0.4 is 10.2 Å². The van der Waals surface area contributed by atoms with Crippen LogP contribution in [0.1, 0.15) is 35.8 Å². The normalized spacial score (nSPS) is 16.2. The number of nitrogens with zero attached hydrogens (tertiary/aromatic N) is 8. The van der Waals surface area contributed by atoms with Gasteiger partial charge in [-0.2, -0.15) is 5.26 Å². The molecule has 4 rings (SSSR count). The number of hydrogen-bond acceptors (Lipinski definition) is 9. The van der Waals surface area contributed by atoms with Crippen molar-refractivity contribution >= 4 is 17.6 Å². The molecule has 1 saturated heterocycles. The van der Waals surface area contributed by atoms with Gasteiger partial charge in [0.25, 0.3) is 0 Å². The van der Waals surface area contributed by atoms with E-state index in [0.29, 0.717) is 17.6 Å². The highest BCUT2D eigenvalue weighted by atomic mass is 15.2. The number of nitriles is 1. The predicted molar refractivity (Wildman–Crippen MR) is 113 cm³/mol. The van der Waals surface area contributed by atoms with Crippen LogP contribution in [0.5, 0.6) is 0 Å². The van der Waals surface area contributed by atoms with Crippen LogP contribution >= 0.6 is 0 Å². The summed E-state index contributed by atoms with van der Waals surface area (Å²) < 4.78 is 0. The van der Waals surface area contributed by atoms with E-state index in [1.165, 1.54) is 0 Å². The molecule has 0 bridgehead atoms. The number of aromatic nitrogens is 5. The quantitative estimate of drug-likeness (QED) is 0.667. The van der Waals surface area contributed by atoms with Gasteiger partial charge < -0.3 is 10.2 Å². The number of hydrogen-bond donors (Lipinski definition) is 1.